The van der Waals surface area contributed by atoms with Gasteiger partial charge >= 0.3 is 11.9 Å². The summed E-state index contributed by atoms with van der Waals surface area (Å²) in [6, 6.07) is 13.9. The molecule has 7 nitrogen and oxygen atoms in total. The third-order valence-corrected chi connectivity index (χ3v) is 4.15. The highest BCUT2D eigenvalue weighted by molar-refractivity contribution is 5.97. The van der Waals surface area contributed by atoms with Crippen molar-refractivity contribution >= 4 is 18.0 Å². The number of carbonyl (C=O) groups excluding carboxylic acids is 2. The lowest BCUT2D eigenvalue weighted by Crippen LogP contribution is -2.18. The molecule has 2 aromatic carbocycles. The Hall–Kier alpha value is -3.79. The zero-order valence-corrected chi connectivity index (χ0v) is 17.3. The molecule has 0 bridgehead atoms. The maximum Gasteiger partial charge on any atom is 0.349 e. The van der Waals surface area contributed by atoms with Crippen molar-refractivity contribution in [2.75, 3.05) is 20.8 Å². The van der Waals surface area contributed by atoms with Crippen LogP contribution < -0.4 is 14.2 Å². The molecule has 0 aromatic heterocycles. The van der Waals surface area contributed by atoms with Gasteiger partial charge in [-0.3, -0.25) is 0 Å². The van der Waals surface area contributed by atoms with Crippen molar-refractivity contribution in [2.24, 2.45) is 0 Å². The van der Waals surface area contributed by atoms with E-state index in [9.17, 15) is 9.59 Å². The summed E-state index contributed by atoms with van der Waals surface area (Å²) in [5.74, 6) is 0.0830. The van der Waals surface area contributed by atoms with Gasteiger partial charge in [-0.2, -0.15) is 5.26 Å². The number of rotatable bonds is 8. The Bertz CT molecular complexity index is 970. The zero-order chi connectivity index (χ0) is 22.1. The number of hydrogen-bond acceptors (Lipinski definition) is 7. The number of benzene rings is 2. The van der Waals surface area contributed by atoms with Crippen LogP contribution in [-0.4, -0.2) is 32.8 Å². The fourth-order valence-corrected chi connectivity index (χ4v) is 2.52. The van der Waals surface area contributed by atoms with E-state index in [1.54, 1.807) is 24.3 Å². The van der Waals surface area contributed by atoms with E-state index in [2.05, 4.69) is 18.6 Å². The molecular formula is C23H23NO6. The predicted molar refractivity (Wildman–Crippen MR) is 110 cm³/mol. The van der Waals surface area contributed by atoms with Gasteiger partial charge in [0.2, 0.25) is 0 Å². The van der Waals surface area contributed by atoms with Crippen LogP contribution in [0, 0.1) is 11.3 Å². The summed E-state index contributed by atoms with van der Waals surface area (Å²) in [4.78, 5) is 23.7. The van der Waals surface area contributed by atoms with Crippen molar-refractivity contribution in [2.45, 2.75) is 19.8 Å². The summed E-state index contributed by atoms with van der Waals surface area (Å²) in [7, 11) is 2.61. The molecule has 0 saturated heterocycles. The molecule has 0 spiro atoms. The van der Waals surface area contributed by atoms with Gasteiger partial charge in [0, 0.05) is 0 Å². The Balaban J connectivity index is 2.05. The summed E-state index contributed by atoms with van der Waals surface area (Å²) in [5, 5.41) is 9.05. The maximum atomic E-state index is 12.1. The van der Waals surface area contributed by atoms with Gasteiger partial charge in [-0.15, -0.1) is 0 Å². The fourth-order valence-electron chi connectivity index (χ4n) is 2.52. The molecule has 30 heavy (non-hydrogen) atoms. The van der Waals surface area contributed by atoms with Crippen molar-refractivity contribution in [1.29, 1.82) is 5.26 Å². The molecule has 2 rings (SSSR count). The molecule has 0 saturated carbocycles. The Morgan fingerprint density at radius 3 is 2.33 bits per heavy atom. The predicted octanol–water partition coefficient (Wildman–Crippen LogP) is 3.88. The molecule has 0 aliphatic carbocycles. The van der Waals surface area contributed by atoms with E-state index in [0.717, 1.165) is 0 Å². The molecule has 0 aliphatic rings. The highest BCUT2D eigenvalue weighted by atomic mass is 16.6. The van der Waals surface area contributed by atoms with Crippen LogP contribution in [0.3, 0.4) is 0 Å². The number of methoxy groups -OCH3 is 2. The van der Waals surface area contributed by atoms with E-state index in [4.69, 9.17) is 19.5 Å². The number of ether oxygens (including phenoxy) is 4. The van der Waals surface area contributed by atoms with Crippen molar-refractivity contribution in [1.82, 2.24) is 0 Å². The van der Waals surface area contributed by atoms with Crippen LogP contribution in [0.2, 0.25) is 0 Å². The van der Waals surface area contributed by atoms with Gasteiger partial charge in [0.1, 0.15) is 17.4 Å². The summed E-state index contributed by atoms with van der Waals surface area (Å²) in [6.45, 7) is 3.92. The molecule has 7 heteroatoms. The molecule has 0 fully saturated rings. The average molecular weight is 409 g/mol. The van der Waals surface area contributed by atoms with Gasteiger partial charge in [0.15, 0.2) is 18.1 Å². The second kappa shape index (κ2) is 10.7. The highest BCUT2D eigenvalue weighted by Gasteiger charge is 2.13. The molecule has 0 radical (unpaired) electrons. The van der Waals surface area contributed by atoms with Crippen molar-refractivity contribution in [3.05, 3.63) is 59.2 Å². The average Bonchev–Trinajstić information content (AvgIpc) is 2.76. The summed E-state index contributed by atoms with van der Waals surface area (Å²) >= 11 is 0. The zero-order valence-electron chi connectivity index (χ0n) is 17.3. The Morgan fingerprint density at radius 1 is 1.07 bits per heavy atom. The van der Waals surface area contributed by atoms with Crippen LogP contribution >= 0.6 is 0 Å². The van der Waals surface area contributed by atoms with Crippen LogP contribution in [0.1, 0.15) is 30.9 Å². The molecule has 156 valence electrons. The molecule has 0 amide bonds. The quantitative estimate of drug-likeness (QED) is 0.283. The third kappa shape index (κ3) is 6.11. The first-order valence-corrected chi connectivity index (χ1v) is 9.19. The minimum atomic E-state index is -0.745. The van der Waals surface area contributed by atoms with E-state index in [1.807, 2.05) is 12.1 Å². The van der Waals surface area contributed by atoms with E-state index < -0.39 is 11.9 Å². The molecule has 2 aromatic rings. The maximum absolute atomic E-state index is 12.1. The van der Waals surface area contributed by atoms with Gasteiger partial charge in [-0.05, 0) is 47.4 Å². The van der Waals surface area contributed by atoms with Crippen LogP contribution in [0.15, 0.2) is 48.0 Å². The van der Waals surface area contributed by atoms with Crippen molar-refractivity contribution < 1.29 is 28.5 Å². The molecule has 0 unspecified atom stereocenters. The van der Waals surface area contributed by atoms with Crippen molar-refractivity contribution in [3.63, 3.8) is 0 Å². The number of nitriles is 1. The summed E-state index contributed by atoms with van der Waals surface area (Å²) in [6.07, 6.45) is 1.35. The second-order valence-corrected chi connectivity index (χ2v) is 6.56. The first kappa shape index (κ1) is 22.5. The normalized spacial score (nSPS) is 10.9. The monoisotopic (exact) mass is 409 g/mol. The highest BCUT2D eigenvalue weighted by Crippen LogP contribution is 2.29. The molecular weight excluding hydrogens is 386 g/mol. The first-order valence-electron chi connectivity index (χ1n) is 9.19. The van der Waals surface area contributed by atoms with Gasteiger partial charge in [-0.1, -0.05) is 32.0 Å². The largest absolute Gasteiger partial charge is 0.493 e. The molecule has 0 aliphatic heterocycles. The van der Waals surface area contributed by atoms with Gasteiger partial charge < -0.3 is 18.9 Å². The lowest BCUT2D eigenvalue weighted by Gasteiger charge is -2.11. The Labute approximate surface area is 175 Å². The number of carbonyl (C=O) groups is 2. The van der Waals surface area contributed by atoms with E-state index >= 15 is 0 Å². The summed E-state index contributed by atoms with van der Waals surface area (Å²) < 4.78 is 20.6. The SMILES string of the molecule is COC(=O)/C(C#N)=C/c1ccc(OC(=O)COc2ccc(C(C)C)cc2)c(OC)c1. The lowest BCUT2D eigenvalue weighted by atomic mass is 10.0. The van der Waals surface area contributed by atoms with Gasteiger partial charge in [0.05, 0.1) is 14.2 Å². The molecule has 0 atom stereocenters. The van der Waals surface area contributed by atoms with Crippen LogP contribution in [0.4, 0.5) is 0 Å². The summed E-state index contributed by atoms with van der Waals surface area (Å²) in [5.41, 5.74) is 1.52. The fraction of sp³-hybridized carbons (Fsp3) is 0.261. The topological polar surface area (TPSA) is 94.9 Å². The molecule has 0 N–H and O–H groups in total. The van der Waals surface area contributed by atoms with Crippen LogP contribution in [0.25, 0.3) is 6.08 Å². The van der Waals surface area contributed by atoms with Crippen LogP contribution in [0.5, 0.6) is 17.2 Å². The van der Waals surface area contributed by atoms with E-state index in [0.29, 0.717) is 17.2 Å². The number of nitrogens with zero attached hydrogens (tertiary/aromatic N) is 1. The Kier molecular flexibility index (Phi) is 8.00. The van der Waals surface area contributed by atoms with E-state index in [1.165, 1.54) is 38.0 Å². The smallest absolute Gasteiger partial charge is 0.349 e. The standard InChI is InChI=1S/C23H23NO6/c1-15(2)17-6-8-19(9-7-17)29-14-22(25)30-20-10-5-16(12-21(20)27-3)11-18(13-24)23(26)28-4/h5-12,15H,14H2,1-4H3/b18-11+. The third-order valence-electron chi connectivity index (χ3n) is 4.15. The lowest BCUT2D eigenvalue weighted by molar-refractivity contribution is -0.137. The molecule has 0 heterocycles. The van der Waals surface area contributed by atoms with E-state index in [-0.39, 0.29) is 23.7 Å². The number of hydrogen-bond donors (Lipinski definition) is 0. The van der Waals surface area contributed by atoms with Crippen LogP contribution in [-0.2, 0) is 14.3 Å². The number of esters is 2. The van der Waals surface area contributed by atoms with Gasteiger partial charge in [0.25, 0.3) is 0 Å². The van der Waals surface area contributed by atoms with Gasteiger partial charge in [-0.25, -0.2) is 9.59 Å². The minimum absolute atomic E-state index is 0.166. The second-order valence-electron chi connectivity index (χ2n) is 6.56. The Morgan fingerprint density at radius 2 is 1.77 bits per heavy atom. The van der Waals surface area contributed by atoms with Crippen molar-refractivity contribution in [3.8, 4) is 23.3 Å². The first-order chi connectivity index (χ1) is 14.4. The minimum Gasteiger partial charge on any atom is -0.493 e.